The van der Waals surface area contributed by atoms with Crippen molar-refractivity contribution in [3.63, 3.8) is 0 Å². The average Bonchev–Trinajstić information content (AvgIpc) is 2.28. The van der Waals surface area contributed by atoms with Crippen molar-refractivity contribution < 1.29 is 9.53 Å². The zero-order chi connectivity index (χ0) is 13.8. The molecule has 0 spiro atoms. The van der Waals surface area contributed by atoms with Gasteiger partial charge in [0.1, 0.15) is 0 Å². The molecule has 0 aromatic heterocycles. The molecule has 0 heterocycles. The Kier molecular flexibility index (Phi) is 5.60. The third-order valence-electron chi connectivity index (χ3n) is 3.98. The lowest BCUT2D eigenvalue weighted by molar-refractivity contribution is -0.123. The van der Waals surface area contributed by atoms with E-state index in [1.807, 2.05) is 0 Å². The van der Waals surface area contributed by atoms with Gasteiger partial charge in [-0.1, -0.05) is 12.8 Å². The summed E-state index contributed by atoms with van der Waals surface area (Å²) < 4.78 is 5.44. The van der Waals surface area contributed by atoms with Crippen molar-refractivity contribution in [3.05, 3.63) is 0 Å². The van der Waals surface area contributed by atoms with Crippen molar-refractivity contribution in [2.24, 2.45) is 11.7 Å². The first-order valence-electron chi connectivity index (χ1n) is 6.96. The highest BCUT2D eigenvalue weighted by molar-refractivity contribution is 5.77. The van der Waals surface area contributed by atoms with Crippen LogP contribution in [-0.4, -0.2) is 30.7 Å². The Bertz CT molecular complexity index is 279. The number of nitrogens with two attached hydrogens (primary N) is 1. The first kappa shape index (κ1) is 15.4. The molecule has 18 heavy (non-hydrogen) atoms. The molecule has 1 fully saturated rings. The second kappa shape index (κ2) is 6.53. The van der Waals surface area contributed by atoms with Gasteiger partial charge in [0.05, 0.1) is 11.5 Å². The fourth-order valence-corrected chi connectivity index (χ4v) is 2.92. The first-order chi connectivity index (χ1) is 8.35. The van der Waals surface area contributed by atoms with Gasteiger partial charge in [-0.15, -0.1) is 0 Å². The van der Waals surface area contributed by atoms with Crippen LogP contribution in [-0.2, 0) is 9.53 Å². The highest BCUT2D eigenvalue weighted by Crippen LogP contribution is 2.25. The maximum absolute atomic E-state index is 11.4. The number of methoxy groups -OCH3 is 1. The largest absolute Gasteiger partial charge is 0.379 e. The molecular weight excluding hydrogens is 228 g/mol. The number of hydrogen-bond acceptors (Lipinski definition) is 3. The van der Waals surface area contributed by atoms with Gasteiger partial charge in [0.15, 0.2) is 0 Å². The summed E-state index contributed by atoms with van der Waals surface area (Å²) >= 11 is 0. The minimum absolute atomic E-state index is 0.00754. The quantitative estimate of drug-likeness (QED) is 0.762. The lowest BCUT2D eigenvalue weighted by Crippen LogP contribution is -2.49. The Labute approximate surface area is 111 Å². The Hall–Kier alpha value is -0.610. The van der Waals surface area contributed by atoms with Crippen molar-refractivity contribution in [2.75, 3.05) is 7.11 Å². The van der Waals surface area contributed by atoms with Crippen LogP contribution >= 0.6 is 0 Å². The number of primary amides is 1. The summed E-state index contributed by atoms with van der Waals surface area (Å²) in [6.45, 7) is 6.31. The number of rotatable bonds is 6. The van der Waals surface area contributed by atoms with Gasteiger partial charge in [0.25, 0.3) is 0 Å². The number of ether oxygens (including phenoxy) is 1. The molecule has 4 heteroatoms. The summed E-state index contributed by atoms with van der Waals surface area (Å²) in [5, 5.41) is 3.56. The summed E-state index contributed by atoms with van der Waals surface area (Å²) in [4.78, 5) is 11.4. The number of nitrogens with one attached hydrogen (secondary N) is 1. The van der Waals surface area contributed by atoms with Crippen molar-refractivity contribution >= 4 is 5.91 Å². The summed E-state index contributed by atoms with van der Waals surface area (Å²) in [7, 11) is 1.74. The van der Waals surface area contributed by atoms with Gasteiger partial charge in [0, 0.05) is 19.2 Å². The summed E-state index contributed by atoms with van der Waals surface area (Å²) in [6.07, 6.45) is 5.19. The Morgan fingerprint density at radius 3 is 2.61 bits per heavy atom. The Morgan fingerprint density at radius 1 is 1.44 bits per heavy atom. The van der Waals surface area contributed by atoms with Crippen LogP contribution in [0.5, 0.6) is 0 Å². The number of amides is 1. The summed E-state index contributed by atoms with van der Waals surface area (Å²) in [5.41, 5.74) is 5.35. The van der Waals surface area contributed by atoms with Crippen molar-refractivity contribution in [1.82, 2.24) is 5.32 Å². The zero-order valence-corrected chi connectivity index (χ0v) is 12.2. The predicted molar refractivity (Wildman–Crippen MR) is 73.2 cm³/mol. The number of carbonyl (C=O) groups excluding carboxylic acids is 1. The van der Waals surface area contributed by atoms with E-state index in [1.54, 1.807) is 7.11 Å². The van der Waals surface area contributed by atoms with E-state index in [0.29, 0.717) is 6.04 Å². The van der Waals surface area contributed by atoms with E-state index in [4.69, 9.17) is 10.5 Å². The molecule has 3 atom stereocenters. The molecule has 1 aliphatic rings. The molecule has 106 valence electrons. The van der Waals surface area contributed by atoms with Crippen LogP contribution in [0.15, 0.2) is 0 Å². The van der Waals surface area contributed by atoms with Crippen LogP contribution in [0, 0.1) is 5.92 Å². The van der Waals surface area contributed by atoms with Gasteiger partial charge < -0.3 is 15.8 Å². The highest BCUT2D eigenvalue weighted by atomic mass is 16.5. The fraction of sp³-hybridized carbons (Fsp3) is 0.929. The number of carbonyl (C=O) groups is 1. The minimum atomic E-state index is -0.162. The van der Waals surface area contributed by atoms with Crippen LogP contribution in [0.25, 0.3) is 0 Å². The second-order valence-corrected chi connectivity index (χ2v) is 6.14. The maximum atomic E-state index is 11.4. The molecule has 0 aromatic carbocycles. The Morgan fingerprint density at radius 2 is 2.06 bits per heavy atom. The smallest absolute Gasteiger partial charge is 0.222 e. The van der Waals surface area contributed by atoms with E-state index in [0.717, 1.165) is 25.7 Å². The van der Waals surface area contributed by atoms with Crippen LogP contribution in [0.4, 0.5) is 0 Å². The molecule has 3 N–H and O–H groups in total. The Balaban J connectivity index is 2.51. The van der Waals surface area contributed by atoms with E-state index in [9.17, 15) is 4.79 Å². The monoisotopic (exact) mass is 256 g/mol. The average molecular weight is 256 g/mol. The van der Waals surface area contributed by atoms with Crippen molar-refractivity contribution in [1.29, 1.82) is 0 Å². The van der Waals surface area contributed by atoms with Gasteiger partial charge >= 0.3 is 0 Å². The lowest BCUT2D eigenvalue weighted by Gasteiger charge is -2.35. The SMILES string of the molecule is COC(C)(C)C[C@H](C)N[C@@H]1CCCC[C@H]1C(N)=O. The molecule has 4 nitrogen and oxygen atoms in total. The maximum Gasteiger partial charge on any atom is 0.222 e. The molecule has 0 aromatic rings. The molecule has 0 saturated heterocycles. The highest BCUT2D eigenvalue weighted by Gasteiger charge is 2.31. The molecule has 0 unspecified atom stereocenters. The lowest BCUT2D eigenvalue weighted by atomic mass is 9.83. The molecule has 1 rings (SSSR count). The van der Waals surface area contributed by atoms with Crippen LogP contribution in [0.3, 0.4) is 0 Å². The van der Waals surface area contributed by atoms with Gasteiger partial charge in [0.2, 0.25) is 5.91 Å². The van der Waals surface area contributed by atoms with Crippen LogP contribution in [0.1, 0.15) is 52.9 Å². The van der Waals surface area contributed by atoms with Crippen molar-refractivity contribution in [2.45, 2.75) is 70.6 Å². The standard InChI is InChI=1S/C14H28N2O2/c1-10(9-14(2,3)18-4)16-12-8-6-5-7-11(12)13(15)17/h10-12,16H,5-9H2,1-4H3,(H2,15,17)/t10-,11+,12+/m0/s1. The van der Waals surface area contributed by atoms with Crippen LogP contribution in [0.2, 0.25) is 0 Å². The van der Waals surface area contributed by atoms with E-state index in [2.05, 4.69) is 26.1 Å². The molecule has 1 saturated carbocycles. The molecule has 0 bridgehead atoms. The van der Waals surface area contributed by atoms with E-state index >= 15 is 0 Å². The molecular formula is C14H28N2O2. The molecule has 1 aliphatic carbocycles. The van der Waals surface area contributed by atoms with Gasteiger partial charge in [-0.2, -0.15) is 0 Å². The normalized spacial score (nSPS) is 26.9. The summed E-state index contributed by atoms with van der Waals surface area (Å²) in [6, 6.07) is 0.559. The van der Waals surface area contributed by atoms with E-state index in [-0.39, 0.29) is 23.5 Å². The first-order valence-corrected chi connectivity index (χ1v) is 6.96. The molecule has 0 aliphatic heterocycles. The molecule has 1 amide bonds. The minimum Gasteiger partial charge on any atom is -0.379 e. The van der Waals surface area contributed by atoms with Gasteiger partial charge in [-0.05, 0) is 40.0 Å². The van der Waals surface area contributed by atoms with E-state index < -0.39 is 0 Å². The van der Waals surface area contributed by atoms with Crippen LogP contribution < -0.4 is 11.1 Å². The third kappa shape index (κ3) is 4.58. The topological polar surface area (TPSA) is 64.3 Å². The summed E-state index contributed by atoms with van der Waals surface area (Å²) in [5.74, 6) is -0.169. The van der Waals surface area contributed by atoms with Gasteiger partial charge in [-0.3, -0.25) is 4.79 Å². The predicted octanol–water partition coefficient (Wildman–Crippen LogP) is 1.82. The van der Waals surface area contributed by atoms with E-state index in [1.165, 1.54) is 6.42 Å². The molecule has 0 radical (unpaired) electrons. The number of hydrogen-bond donors (Lipinski definition) is 2. The van der Waals surface area contributed by atoms with Gasteiger partial charge in [-0.25, -0.2) is 0 Å². The fourth-order valence-electron chi connectivity index (χ4n) is 2.92. The van der Waals surface area contributed by atoms with Crippen molar-refractivity contribution in [3.8, 4) is 0 Å². The second-order valence-electron chi connectivity index (χ2n) is 6.14. The third-order valence-corrected chi connectivity index (χ3v) is 3.98. The zero-order valence-electron chi connectivity index (χ0n) is 12.2.